The van der Waals surface area contributed by atoms with E-state index in [1.165, 1.54) is 12.1 Å². The van der Waals surface area contributed by atoms with Crippen molar-refractivity contribution in [3.8, 4) is 0 Å². The van der Waals surface area contributed by atoms with Crippen LogP contribution in [0.25, 0.3) is 0 Å². The van der Waals surface area contributed by atoms with Crippen LogP contribution >= 0.6 is 11.6 Å². The van der Waals surface area contributed by atoms with Gasteiger partial charge in [0.15, 0.2) is 0 Å². The Hall–Kier alpha value is -0.647. The van der Waals surface area contributed by atoms with Crippen LogP contribution in [0.3, 0.4) is 0 Å². The standard InChI is InChI=1S/C14H18N2O3.C8H5NO3.C6H14ClN.C6H16N2O.CH2O3.CH4.2K.H4N2.H/c1-3-15(4-2)9-10-19-16-13(17)11-7-5-6-8-12(11)14(16)18;10-7-5-3-1-2-4-6(5)8(11)9(7)12;1-3-8(4-2)6-5-7;1-3-8(4-2)5-6-9-7;2-1-4-3;;;;1-2;/h5-8H,3-4,9-10H2,1-2H3;1-4,12H;3-6H2,1-2H3;3-7H2,1-2H3;1,3H;1H4;;;1-2H2;/q;;;;;;2*+1;;-1/p-1. The molecule has 0 atom stereocenters. The monoisotopic (exact) mass is 880 g/mol. The van der Waals surface area contributed by atoms with Crippen LogP contribution in [0.5, 0.6) is 0 Å². The van der Waals surface area contributed by atoms with Gasteiger partial charge in [0.25, 0.3) is 30.1 Å². The van der Waals surface area contributed by atoms with Gasteiger partial charge in [-0.1, -0.05) is 73.2 Å². The van der Waals surface area contributed by atoms with E-state index in [0.717, 1.165) is 63.3 Å². The van der Waals surface area contributed by atoms with Gasteiger partial charge in [-0.3, -0.25) is 45.7 Å². The first-order valence-electron chi connectivity index (χ1n) is 17.4. The number of hydrogen-bond acceptors (Lipinski definition) is 16. The zero-order valence-corrected chi connectivity index (χ0v) is 41.2. The van der Waals surface area contributed by atoms with Gasteiger partial charge < -0.3 is 31.1 Å². The third kappa shape index (κ3) is 25.0. The number of amides is 4. The molecule has 4 amide bonds. The molecule has 21 heteroatoms. The molecular formula is C36H63ClK2N8O10. The summed E-state index contributed by atoms with van der Waals surface area (Å²) >= 11 is 5.51. The van der Waals surface area contributed by atoms with Crippen molar-refractivity contribution in [1.29, 1.82) is 0 Å². The van der Waals surface area contributed by atoms with Crippen LogP contribution < -0.4 is 126 Å². The van der Waals surface area contributed by atoms with E-state index in [4.69, 9.17) is 37.6 Å². The number of hydroxylamine groups is 4. The van der Waals surface area contributed by atoms with Crippen LogP contribution in [-0.4, -0.2) is 138 Å². The molecular weight excluding hydrogens is 818 g/mol. The van der Waals surface area contributed by atoms with Crippen molar-refractivity contribution in [3.63, 3.8) is 0 Å². The first-order valence-corrected chi connectivity index (χ1v) is 17.9. The van der Waals surface area contributed by atoms with Crippen LogP contribution in [-0.2, 0) is 19.4 Å². The molecule has 2 heterocycles. The van der Waals surface area contributed by atoms with Gasteiger partial charge in [-0.25, -0.2) is 5.90 Å². The van der Waals surface area contributed by atoms with Crippen molar-refractivity contribution in [2.75, 3.05) is 78.0 Å². The van der Waals surface area contributed by atoms with Gasteiger partial charge in [-0.2, -0.15) is 0 Å². The number of alkyl halides is 1. The average molecular weight is 882 g/mol. The zero-order chi connectivity index (χ0) is 41.5. The maximum absolute atomic E-state index is 12.0. The van der Waals surface area contributed by atoms with Gasteiger partial charge in [-0.05, 0) is 63.5 Å². The molecule has 0 spiro atoms. The fraction of sp³-hybridized carbons (Fsp3) is 0.528. The van der Waals surface area contributed by atoms with Gasteiger partial charge in [0.1, 0.15) is 0 Å². The van der Waals surface area contributed by atoms with E-state index in [1.54, 1.807) is 36.4 Å². The summed E-state index contributed by atoms with van der Waals surface area (Å²) in [6, 6.07) is 13.1. The first-order chi connectivity index (χ1) is 26.0. The summed E-state index contributed by atoms with van der Waals surface area (Å²) in [5.41, 5.74) is 1.33. The summed E-state index contributed by atoms with van der Waals surface area (Å²) in [5.74, 6) is 11.5. The van der Waals surface area contributed by atoms with E-state index in [2.05, 4.69) is 77.7 Å². The Morgan fingerprint density at radius 2 is 0.982 bits per heavy atom. The van der Waals surface area contributed by atoms with Crippen LogP contribution in [0, 0.1) is 0 Å². The third-order valence-corrected chi connectivity index (χ3v) is 7.98. The number of carbonyl (C=O) groups is 5. The predicted octanol–water partition coefficient (Wildman–Crippen LogP) is -3.98. The Morgan fingerprint density at radius 3 is 1.25 bits per heavy atom. The molecule has 0 bridgehead atoms. The van der Waals surface area contributed by atoms with E-state index in [9.17, 15) is 19.2 Å². The molecule has 0 saturated carbocycles. The van der Waals surface area contributed by atoms with Gasteiger partial charge in [0, 0.05) is 25.5 Å². The largest absolute Gasteiger partial charge is 1.00 e. The Bertz CT molecular complexity index is 1300. The number of carbonyl (C=O) groups excluding carboxylic acids is 5. The van der Waals surface area contributed by atoms with Gasteiger partial charge in [-0.15, -0.1) is 21.7 Å². The van der Waals surface area contributed by atoms with E-state index in [0.29, 0.717) is 30.9 Å². The minimum absolute atomic E-state index is 0. The summed E-state index contributed by atoms with van der Waals surface area (Å²) in [4.78, 5) is 73.8. The first kappa shape index (κ1) is 65.5. The van der Waals surface area contributed by atoms with Gasteiger partial charge >= 0.3 is 103 Å². The molecule has 4 rings (SSSR count). The summed E-state index contributed by atoms with van der Waals surface area (Å²) in [7, 11) is 0. The van der Waals surface area contributed by atoms with Gasteiger partial charge in [0.05, 0.1) is 35.5 Å². The fourth-order valence-corrected chi connectivity index (χ4v) is 4.88. The van der Waals surface area contributed by atoms with E-state index < -0.39 is 11.8 Å². The number of fused-ring (bicyclic) bond motifs is 2. The Kier molecular flexibility index (Phi) is 48.3. The number of likely N-dealkylation sites (N-methyl/N-ethyl adjacent to an activating group) is 2. The normalized spacial score (nSPS) is 11.6. The quantitative estimate of drug-likeness (QED) is 0.0184. The minimum atomic E-state index is -0.657. The predicted molar refractivity (Wildman–Crippen MR) is 209 cm³/mol. The molecule has 2 aromatic carbocycles. The average Bonchev–Trinajstić information content (AvgIpc) is 3.60. The molecule has 0 radical (unpaired) electrons. The van der Waals surface area contributed by atoms with Crippen molar-refractivity contribution < 1.29 is 153 Å². The van der Waals surface area contributed by atoms with Crippen molar-refractivity contribution in [2.24, 2.45) is 17.6 Å². The molecule has 57 heavy (non-hydrogen) atoms. The zero-order valence-electron chi connectivity index (χ0n) is 35.1. The van der Waals surface area contributed by atoms with Gasteiger partial charge in [0.2, 0.25) is 0 Å². The molecule has 0 saturated heterocycles. The topological polar surface area (TPSA) is 251 Å². The molecule has 0 aromatic heterocycles. The number of hydrogen-bond donors (Lipinski definition) is 4. The van der Waals surface area contributed by atoms with Crippen LogP contribution in [0.4, 0.5) is 0 Å². The fourth-order valence-electron chi connectivity index (χ4n) is 4.64. The van der Waals surface area contributed by atoms with Crippen molar-refractivity contribution in [1.82, 2.24) is 24.8 Å². The number of nitrogens with zero attached hydrogens (tertiary/aromatic N) is 5. The molecule has 0 fully saturated rings. The molecule has 2 aliphatic heterocycles. The third-order valence-electron chi connectivity index (χ3n) is 7.81. The molecule has 0 aliphatic carbocycles. The Labute approximate surface area is 429 Å². The minimum Gasteiger partial charge on any atom is -1.00 e. The number of imide groups is 2. The van der Waals surface area contributed by atoms with E-state index >= 15 is 0 Å². The summed E-state index contributed by atoms with van der Waals surface area (Å²) in [5, 5.41) is 18.4. The molecule has 2 aliphatic rings. The molecule has 2 aromatic rings. The second kappa shape index (κ2) is 42.1. The van der Waals surface area contributed by atoms with Crippen molar-refractivity contribution in [3.05, 3.63) is 70.8 Å². The van der Waals surface area contributed by atoms with Crippen molar-refractivity contribution in [2.45, 2.75) is 49.0 Å². The van der Waals surface area contributed by atoms with E-state index in [-0.39, 0.29) is 146 Å². The van der Waals surface area contributed by atoms with E-state index in [1.807, 2.05) is 0 Å². The summed E-state index contributed by atoms with van der Waals surface area (Å²) in [6.07, 6.45) is 0. The SMILES string of the molecule is C.CCN(CC)CCCl.CCN(CC)CCON.CCN(CC)CCON1C(=O)c2ccccc2C1=O.NN.O=C1c2ccccc2C(=O)N1O.O=CO[O-].[H-].[K+].[K+]. The Morgan fingerprint density at radius 1 is 0.684 bits per heavy atom. The summed E-state index contributed by atoms with van der Waals surface area (Å²) < 4.78 is 0. The number of nitrogens with two attached hydrogens (primary N) is 3. The van der Waals surface area contributed by atoms with Crippen molar-refractivity contribution >= 4 is 41.7 Å². The summed E-state index contributed by atoms with van der Waals surface area (Å²) in [6.45, 7) is 22.3. The molecule has 316 valence electrons. The maximum Gasteiger partial charge on any atom is 1.00 e. The van der Waals surface area contributed by atoms with Crippen LogP contribution in [0.2, 0.25) is 0 Å². The smallest absolute Gasteiger partial charge is 1.00 e. The molecule has 0 unspecified atom stereocenters. The molecule has 18 nitrogen and oxygen atoms in total. The number of rotatable bonds is 16. The Balaban J connectivity index is -0.000000152. The second-order valence-electron chi connectivity index (χ2n) is 10.6. The number of benzene rings is 2. The number of halogens is 1. The van der Waals surface area contributed by atoms with Crippen LogP contribution in [0.15, 0.2) is 48.5 Å². The second-order valence-corrected chi connectivity index (χ2v) is 11.0. The molecule has 7 N–H and O–H groups in total. The van der Waals surface area contributed by atoms with Crippen LogP contribution in [0.1, 0.15) is 91.8 Å². The number of hydrazine groups is 1. The maximum atomic E-state index is 12.0.